The lowest BCUT2D eigenvalue weighted by Gasteiger charge is -2.65. The summed E-state index contributed by atoms with van der Waals surface area (Å²) in [6.45, 7) is 11.4. The van der Waals surface area contributed by atoms with Crippen molar-refractivity contribution in [3.63, 3.8) is 0 Å². The Kier molecular flexibility index (Phi) is 5.99. The van der Waals surface area contributed by atoms with Gasteiger partial charge in [0.25, 0.3) is 0 Å². The summed E-state index contributed by atoms with van der Waals surface area (Å²) in [6, 6.07) is 0. The van der Waals surface area contributed by atoms with Crippen LogP contribution in [0.4, 0.5) is 0 Å². The van der Waals surface area contributed by atoms with Crippen LogP contribution in [-0.4, -0.2) is 43.8 Å². The monoisotopic (exact) mass is 434 g/mol. The van der Waals surface area contributed by atoms with Crippen molar-refractivity contribution in [1.29, 1.82) is 0 Å². The molecule has 4 heteroatoms. The van der Waals surface area contributed by atoms with E-state index in [0.29, 0.717) is 31.1 Å². The van der Waals surface area contributed by atoms with Crippen molar-refractivity contribution in [3.05, 3.63) is 11.6 Å². The fourth-order valence-corrected chi connectivity index (χ4v) is 8.53. The van der Waals surface area contributed by atoms with E-state index >= 15 is 0 Å². The van der Waals surface area contributed by atoms with Crippen molar-refractivity contribution in [1.82, 2.24) is 0 Å². The predicted molar refractivity (Wildman–Crippen MR) is 123 cm³/mol. The van der Waals surface area contributed by atoms with Gasteiger partial charge < -0.3 is 20.4 Å². The smallest absolute Gasteiger partial charge is 0.105 e. The summed E-state index contributed by atoms with van der Waals surface area (Å²) in [6.07, 6.45) is 9.08. The van der Waals surface area contributed by atoms with E-state index in [1.54, 1.807) is 6.08 Å². The summed E-state index contributed by atoms with van der Waals surface area (Å²) < 4.78 is 0. The molecule has 0 aliphatic heterocycles. The van der Waals surface area contributed by atoms with E-state index in [0.717, 1.165) is 24.3 Å². The van der Waals surface area contributed by atoms with Crippen LogP contribution in [0.15, 0.2) is 11.6 Å². The summed E-state index contributed by atoms with van der Waals surface area (Å²) in [5.41, 5.74) is -2.26. The van der Waals surface area contributed by atoms with Gasteiger partial charge in [-0.05, 0) is 73.2 Å². The van der Waals surface area contributed by atoms with Gasteiger partial charge in [0, 0.05) is 11.8 Å². The Morgan fingerprint density at radius 1 is 0.968 bits per heavy atom. The average molecular weight is 435 g/mol. The van der Waals surface area contributed by atoms with Crippen molar-refractivity contribution in [2.45, 2.75) is 122 Å². The Hall–Kier alpha value is -0.420. The molecule has 0 amide bonds. The molecule has 0 aromatic carbocycles. The largest absolute Gasteiger partial charge is 0.393 e. The molecule has 4 rings (SSSR count). The summed E-state index contributed by atoms with van der Waals surface area (Å²) >= 11 is 0. The van der Waals surface area contributed by atoms with E-state index in [1.807, 2.05) is 6.92 Å². The molecule has 0 spiro atoms. The molecule has 3 saturated carbocycles. The second kappa shape index (κ2) is 7.82. The summed E-state index contributed by atoms with van der Waals surface area (Å²) in [5, 5.41) is 45.1. The standard InChI is InChI=1S/C27H46O4/c1-17(2)7-6-8-18(3)20-9-10-21-22-15-23(29)27(31)16-19(28)11-12-25(27,5)26(22,30)14-13-24(20,21)4/h15,17-21,23,28-31H,6-14,16H2,1-5H3. The van der Waals surface area contributed by atoms with E-state index in [1.165, 1.54) is 25.7 Å². The first-order valence-corrected chi connectivity index (χ1v) is 12.9. The first-order valence-electron chi connectivity index (χ1n) is 12.9. The molecule has 9 unspecified atom stereocenters. The van der Waals surface area contributed by atoms with Crippen molar-refractivity contribution in [3.8, 4) is 0 Å². The van der Waals surface area contributed by atoms with E-state index in [-0.39, 0.29) is 17.8 Å². The molecule has 178 valence electrons. The first kappa shape index (κ1) is 23.7. The third kappa shape index (κ3) is 3.30. The molecule has 0 saturated heterocycles. The van der Waals surface area contributed by atoms with Gasteiger partial charge in [-0.2, -0.15) is 0 Å². The minimum Gasteiger partial charge on any atom is -0.393 e. The highest BCUT2D eigenvalue weighted by molar-refractivity contribution is 5.40. The van der Waals surface area contributed by atoms with Gasteiger partial charge in [-0.25, -0.2) is 0 Å². The first-order chi connectivity index (χ1) is 14.4. The van der Waals surface area contributed by atoms with Gasteiger partial charge in [0.15, 0.2) is 0 Å². The molecule has 31 heavy (non-hydrogen) atoms. The lowest BCUT2D eigenvalue weighted by atomic mass is 9.43. The third-order valence-corrected chi connectivity index (χ3v) is 10.6. The molecule has 9 atom stereocenters. The molecular weight excluding hydrogens is 388 g/mol. The van der Waals surface area contributed by atoms with Gasteiger partial charge in [0.2, 0.25) is 0 Å². The Morgan fingerprint density at radius 3 is 2.35 bits per heavy atom. The fourth-order valence-electron chi connectivity index (χ4n) is 8.53. The Bertz CT molecular complexity index is 718. The van der Waals surface area contributed by atoms with Crippen molar-refractivity contribution in [2.24, 2.45) is 34.5 Å². The van der Waals surface area contributed by atoms with Crippen LogP contribution in [0.25, 0.3) is 0 Å². The highest BCUT2D eigenvalue weighted by Gasteiger charge is 2.70. The Morgan fingerprint density at radius 2 is 1.68 bits per heavy atom. The van der Waals surface area contributed by atoms with E-state index in [2.05, 4.69) is 27.7 Å². The number of fused-ring (bicyclic) bond motifs is 5. The normalized spacial score (nSPS) is 50.5. The van der Waals surface area contributed by atoms with Crippen LogP contribution < -0.4 is 0 Å². The maximum absolute atomic E-state index is 12.2. The molecule has 4 aliphatic carbocycles. The molecule has 0 radical (unpaired) electrons. The molecule has 0 aromatic heterocycles. The quantitative estimate of drug-likeness (QED) is 0.477. The number of aliphatic hydroxyl groups excluding tert-OH is 2. The number of rotatable bonds is 5. The molecule has 4 N–H and O–H groups in total. The predicted octanol–water partition coefficient (Wildman–Crippen LogP) is 4.59. The van der Waals surface area contributed by atoms with Gasteiger partial charge in [0.1, 0.15) is 11.7 Å². The molecule has 0 bridgehead atoms. The number of hydrogen-bond donors (Lipinski definition) is 4. The maximum Gasteiger partial charge on any atom is 0.105 e. The van der Waals surface area contributed by atoms with E-state index in [9.17, 15) is 20.4 Å². The summed E-state index contributed by atoms with van der Waals surface area (Å²) in [5.74, 6) is 2.35. The van der Waals surface area contributed by atoms with Crippen LogP contribution in [0.5, 0.6) is 0 Å². The van der Waals surface area contributed by atoms with Crippen LogP contribution in [0.2, 0.25) is 0 Å². The lowest BCUT2D eigenvalue weighted by molar-refractivity contribution is -0.258. The minimum atomic E-state index is -1.47. The second-order valence-electron chi connectivity index (χ2n) is 12.6. The van der Waals surface area contributed by atoms with Gasteiger partial charge >= 0.3 is 0 Å². The Balaban J connectivity index is 1.63. The topological polar surface area (TPSA) is 80.9 Å². The van der Waals surface area contributed by atoms with E-state index < -0.39 is 28.8 Å². The molecule has 0 heterocycles. The fraction of sp³-hybridized carbons (Fsp3) is 0.926. The number of hydrogen-bond acceptors (Lipinski definition) is 4. The average Bonchev–Trinajstić information content (AvgIpc) is 3.03. The molecule has 4 aliphatic rings. The van der Waals surface area contributed by atoms with Crippen LogP contribution >= 0.6 is 0 Å². The molecule has 3 fully saturated rings. The maximum atomic E-state index is 12.2. The van der Waals surface area contributed by atoms with Gasteiger partial charge in [-0.15, -0.1) is 0 Å². The van der Waals surface area contributed by atoms with Crippen molar-refractivity contribution in [2.75, 3.05) is 0 Å². The number of aliphatic hydroxyl groups is 4. The van der Waals surface area contributed by atoms with Gasteiger partial charge in [-0.1, -0.05) is 60.0 Å². The zero-order valence-electron chi connectivity index (χ0n) is 20.4. The SMILES string of the molecule is CC(C)CCCC(C)C1CCC2C3=CC(O)C4(O)CC(O)CCC4(C)C3(O)CCC21C. The van der Waals surface area contributed by atoms with Gasteiger partial charge in [-0.3, -0.25) is 0 Å². The molecule has 4 nitrogen and oxygen atoms in total. The van der Waals surface area contributed by atoms with Crippen LogP contribution in [0, 0.1) is 34.5 Å². The lowest BCUT2D eigenvalue weighted by Crippen LogP contribution is -2.72. The third-order valence-electron chi connectivity index (χ3n) is 10.6. The van der Waals surface area contributed by atoms with Gasteiger partial charge in [0.05, 0.1) is 11.7 Å². The highest BCUT2D eigenvalue weighted by atomic mass is 16.4. The molecular formula is C27H46O4. The zero-order valence-corrected chi connectivity index (χ0v) is 20.4. The van der Waals surface area contributed by atoms with E-state index in [4.69, 9.17) is 0 Å². The summed E-state index contributed by atoms with van der Waals surface area (Å²) in [7, 11) is 0. The zero-order chi connectivity index (χ0) is 22.8. The van der Waals surface area contributed by atoms with Crippen molar-refractivity contribution < 1.29 is 20.4 Å². The second-order valence-corrected chi connectivity index (χ2v) is 12.6. The van der Waals surface area contributed by atoms with Crippen LogP contribution in [0.1, 0.15) is 98.8 Å². The summed E-state index contributed by atoms with van der Waals surface area (Å²) in [4.78, 5) is 0. The molecule has 0 aromatic rings. The van der Waals surface area contributed by atoms with Crippen LogP contribution in [0.3, 0.4) is 0 Å². The highest BCUT2D eigenvalue weighted by Crippen LogP contribution is 2.69. The Labute approximate surface area is 189 Å². The van der Waals surface area contributed by atoms with Crippen molar-refractivity contribution >= 4 is 0 Å². The minimum absolute atomic E-state index is 0.133. The van der Waals surface area contributed by atoms with Crippen LogP contribution in [-0.2, 0) is 0 Å².